The first kappa shape index (κ1) is 13.7. The van der Waals surface area contributed by atoms with E-state index in [2.05, 4.69) is 10.4 Å². The van der Waals surface area contributed by atoms with Gasteiger partial charge in [0.1, 0.15) is 0 Å². The smallest absolute Gasteiger partial charge is 0.227 e. The highest BCUT2D eigenvalue weighted by Gasteiger charge is 2.14. The Bertz CT molecular complexity index is 372. The van der Waals surface area contributed by atoms with Crippen LogP contribution >= 0.6 is 0 Å². The molecule has 0 bridgehead atoms. The van der Waals surface area contributed by atoms with Gasteiger partial charge in [-0.2, -0.15) is 5.10 Å². The molecule has 1 unspecified atom stereocenters. The molecular weight excluding hydrogens is 220 g/mol. The van der Waals surface area contributed by atoms with Gasteiger partial charge in [-0.15, -0.1) is 0 Å². The van der Waals surface area contributed by atoms with Gasteiger partial charge in [0.05, 0.1) is 23.9 Å². The number of nitrogens with zero attached hydrogens (tertiary/aromatic N) is 2. The summed E-state index contributed by atoms with van der Waals surface area (Å²) in [7, 11) is 3.37. The molecular formula is C11H20N4O2. The van der Waals surface area contributed by atoms with Gasteiger partial charge in [0.2, 0.25) is 5.91 Å². The highest BCUT2D eigenvalue weighted by molar-refractivity contribution is 5.91. The Morgan fingerprint density at radius 2 is 2.41 bits per heavy atom. The van der Waals surface area contributed by atoms with Crippen LogP contribution in [0.3, 0.4) is 0 Å². The summed E-state index contributed by atoms with van der Waals surface area (Å²) in [5.74, 6) is -0.106. The summed E-state index contributed by atoms with van der Waals surface area (Å²) in [6.45, 7) is 2.33. The fraction of sp³-hybridized carbons (Fsp3) is 0.636. The lowest BCUT2D eigenvalue weighted by molar-refractivity contribution is -0.118. The zero-order valence-electron chi connectivity index (χ0n) is 10.6. The average Bonchev–Trinajstić information content (AvgIpc) is 2.66. The molecule has 1 aromatic rings. The number of carbonyl (C=O) groups excluding carboxylic acids is 1. The second-order valence-electron chi connectivity index (χ2n) is 3.86. The molecule has 0 aliphatic rings. The zero-order chi connectivity index (χ0) is 12.8. The zero-order valence-corrected chi connectivity index (χ0v) is 10.6. The van der Waals surface area contributed by atoms with Crippen LogP contribution in [0, 0.1) is 0 Å². The summed E-state index contributed by atoms with van der Waals surface area (Å²) in [6.07, 6.45) is 2.59. The van der Waals surface area contributed by atoms with Crippen molar-refractivity contribution in [3.63, 3.8) is 0 Å². The van der Waals surface area contributed by atoms with E-state index in [4.69, 9.17) is 10.5 Å². The van der Waals surface area contributed by atoms with Gasteiger partial charge < -0.3 is 15.8 Å². The molecule has 0 aliphatic heterocycles. The minimum Gasteiger partial charge on any atom is -0.380 e. The maximum absolute atomic E-state index is 11.7. The number of anilines is 1. The standard InChI is InChI=1S/C11H20N4O2/c1-4-9-10(7-15(2)14-9)13-11(16)5-8(6-12)17-3/h7-8H,4-6,12H2,1-3H3,(H,13,16). The Kier molecular flexibility index (Phi) is 5.11. The predicted octanol–water partition coefficient (Wildman–Crippen LogP) is 0.285. The Balaban J connectivity index is 2.61. The van der Waals surface area contributed by atoms with E-state index in [1.807, 2.05) is 14.0 Å². The highest BCUT2D eigenvalue weighted by Crippen LogP contribution is 2.14. The third-order valence-electron chi connectivity index (χ3n) is 2.52. The van der Waals surface area contributed by atoms with Gasteiger partial charge in [0.15, 0.2) is 0 Å². The van der Waals surface area contributed by atoms with E-state index in [0.717, 1.165) is 17.8 Å². The van der Waals surface area contributed by atoms with E-state index < -0.39 is 0 Å². The number of hydrogen-bond acceptors (Lipinski definition) is 4. The van der Waals surface area contributed by atoms with Crippen LogP contribution in [-0.4, -0.2) is 35.4 Å². The molecule has 3 N–H and O–H groups in total. The number of rotatable bonds is 6. The van der Waals surface area contributed by atoms with Crippen molar-refractivity contribution in [1.29, 1.82) is 0 Å². The van der Waals surface area contributed by atoms with E-state index in [0.29, 0.717) is 6.54 Å². The van der Waals surface area contributed by atoms with Crippen molar-refractivity contribution in [1.82, 2.24) is 9.78 Å². The van der Waals surface area contributed by atoms with E-state index in [-0.39, 0.29) is 18.4 Å². The minimum absolute atomic E-state index is 0.106. The van der Waals surface area contributed by atoms with Crippen molar-refractivity contribution >= 4 is 11.6 Å². The quantitative estimate of drug-likeness (QED) is 0.748. The molecule has 0 spiro atoms. The molecule has 0 aliphatic carbocycles. The maximum atomic E-state index is 11.7. The third-order valence-corrected chi connectivity index (χ3v) is 2.52. The van der Waals surface area contributed by atoms with Crippen molar-refractivity contribution in [2.75, 3.05) is 19.0 Å². The minimum atomic E-state index is -0.239. The van der Waals surface area contributed by atoms with Crippen LogP contribution in [-0.2, 0) is 23.0 Å². The molecule has 96 valence electrons. The van der Waals surface area contributed by atoms with Crippen molar-refractivity contribution in [2.24, 2.45) is 12.8 Å². The lowest BCUT2D eigenvalue weighted by Gasteiger charge is -2.12. The molecule has 0 saturated carbocycles. The van der Waals surface area contributed by atoms with E-state index >= 15 is 0 Å². The first-order chi connectivity index (χ1) is 8.10. The average molecular weight is 240 g/mol. The van der Waals surface area contributed by atoms with Crippen molar-refractivity contribution < 1.29 is 9.53 Å². The van der Waals surface area contributed by atoms with Crippen LogP contribution < -0.4 is 11.1 Å². The van der Waals surface area contributed by atoms with Gasteiger partial charge in [0.25, 0.3) is 0 Å². The normalized spacial score (nSPS) is 12.5. The third kappa shape index (κ3) is 3.83. The van der Waals surface area contributed by atoms with Crippen molar-refractivity contribution in [3.8, 4) is 0 Å². The number of carbonyl (C=O) groups is 1. The van der Waals surface area contributed by atoms with Crippen LogP contribution in [0.2, 0.25) is 0 Å². The summed E-state index contributed by atoms with van der Waals surface area (Å²) in [6, 6.07) is 0. The molecule has 17 heavy (non-hydrogen) atoms. The van der Waals surface area contributed by atoms with Crippen LogP contribution in [0.4, 0.5) is 5.69 Å². The van der Waals surface area contributed by atoms with Crippen LogP contribution in [0.25, 0.3) is 0 Å². The highest BCUT2D eigenvalue weighted by atomic mass is 16.5. The summed E-state index contributed by atoms with van der Waals surface area (Å²) in [5, 5.41) is 7.07. The number of aromatic nitrogens is 2. The maximum Gasteiger partial charge on any atom is 0.227 e. The SMILES string of the molecule is CCc1nn(C)cc1NC(=O)CC(CN)OC. The van der Waals surface area contributed by atoms with Gasteiger partial charge in [-0.25, -0.2) is 0 Å². The van der Waals surface area contributed by atoms with E-state index in [1.54, 1.807) is 18.0 Å². The molecule has 0 radical (unpaired) electrons. The molecule has 0 aromatic carbocycles. The molecule has 0 saturated heterocycles. The number of ether oxygens (including phenoxy) is 1. The molecule has 1 amide bonds. The molecule has 1 atom stereocenters. The lowest BCUT2D eigenvalue weighted by atomic mass is 10.2. The number of methoxy groups -OCH3 is 1. The van der Waals surface area contributed by atoms with Crippen molar-refractivity contribution in [3.05, 3.63) is 11.9 Å². The van der Waals surface area contributed by atoms with Gasteiger partial charge in [-0.3, -0.25) is 9.48 Å². The summed E-state index contributed by atoms with van der Waals surface area (Å²) >= 11 is 0. The second kappa shape index (κ2) is 6.36. The second-order valence-corrected chi connectivity index (χ2v) is 3.86. The molecule has 6 heteroatoms. The first-order valence-electron chi connectivity index (χ1n) is 5.65. The molecule has 0 fully saturated rings. The number of aryl methyl sites for hydroxylation is 2. The predicted molar refractivity (Wildman–Crippen MR) is 65.7 cm³/mol. The molecule has 6 nitrogen and oxygen atoms in total. The topological polar surface area (TPSA) is 82.2 Å². The Labute approximate surface area is 101 Å². The van der Waals surface area contributed by atoms with Crippen LogP contribution in [0.5, 0.6) is 0 Å². The summed E-state index contributed by atoms with van der Waals surface area (Å²) in [4.78, 5) is 11.7. The number of amides is 1. The molecule has 1 rings (SSSR count). The first-order valence-corrected chi connectivity index (χ1v) is 5.65. The van der Waals surface area contributed by atoms with E-state index in [1.165, 1.54) is 0 Å². The summed E-state index contributed by atoms with van der Waals surface area (Å²) in [5.41, 5.74) is 7.10. The molecule has 1 aromatic heterocycles. The van der Waals surface area contributed by atoms with Gasteiger partial charge >= 0.3 is 0 Å². The van der Waals surface area contributed by atoms with Crippen molar-refractivity contribution in [2.45, 2.75) is 25.9 Å². The Hall–Kier alpha value is -1.40. The van der Waals surface area contributed by atoms with Crippen LogP contribution in [0.15, 0.2) is 6.20 Å². The fourth-order valence-corrected chi connectivity index (χ4v) is 1.57. The molecule has 1 heterocycles. The fourth-order valence-electron chi connectivity index (χ4n) is 1.57. The number of nitrogens with one attached hydrogen (secondary N) is 1. The number of nitrogens with two attached hydrogens (primary N) is 1. The Morgan fingerprint density at radius 1 is 1.71 bits per heavy atom. The summed E-state index contributed by atoms with van der Waals surface area (Å²) < 4.78 is 6.75. The Morgan fingerprint density at radius 3 is 2.94 bits per heavy atom. The number of hydrogen-bond donors (Lipinski definition) is 2. The van der Waals surface area contributed by atoms with Gasteiger partial charge in [-0.1, -0.05) is 6.92 Å². The van der Waals surface area contributed by atoms with E-state index in [9.17, 15) is 4.79 Å². The van der Waals surface area contributed by atoms with Gasteiger partial charge in [-0.05, 0) is 6.42 Å². The largest absolute Gasteiger partial charge is 0.380 e. The van der Waals surface area contributed by atoms with Gasteiger partial charge in [0, 0.05) is 26.9 Å². The lowest BCUT2D eigenvalue weighted by Crippen LogP contribution is -2.28. The monoisotopic (exact) mass is 240 g/mol. The van der Waals surface area contributed by atoms with Crippen LogP contribution in [0.1, 0.15) is 19.0 Å².